The second-order valence-electron chi connectivity index (χ2n) is 6.25. The van der Waals surface area contributed by atoms with Gasteiger partial charge in [-0.25, -0.2) is 0 Å². The van der Waals surface area contributed by atoms with Gasteiger partial charge in [-0.2, -0.15) is 0 Å². The Balaban J connectivity index is 1.46. The lowest BCUT2D eigenvalue weighted by atomic mass is 10.2. The van der Waals surface area contributed by atoms with Crippen LogP contribution in [0, 0.1) is 0 Å². The fraction of sp³-hybridized carbons (Fsp3) is 0.0870. The van der Waals surface area contributed by atoms with Crippen molar-refractivity contribution in [3.8, 4) is 23.0 Å². The minimum Gasteiger partial charge on any atom is -0.497 e. The number of nitrogens with one attached hydrogen (secondary N) is 1. The molecule has 1 N–H and O–H groups in total. The maximum absolute atomic E-state index is 12.5. The van der Waals surface area contributed by atoms with Gasteiger partial charge in [0.25, 0.3) is 5.91 Å². The third-order valence-corrected chi connectivity index (χ3v) is 4.34. The van der Waals surface area contributed by atoms with Crippen molar-refractivity contribution >= 4 is 22.6 Å². The number of fused-ring (bicyclic) bond motifs is 1. The summed E-state index contributed by atoms with van der Waals surface area (Å²) in [6, 6.07) is 21.6. The molecular weight excluding hydrogens is 370 g/mol. The number of para-hydroxylation sites is 1. The molecule has 29 heavy (non-hydrogen) atoms. The lowest BCUT2D eigenvalue weighted by molar-refractivity contribution is 0.0998. The Labute approximate surface area is 167 Å². The summed E-state index contributed by atoms with van der Waals surface area (Å²) < 4.78 is 21.9. The molecule has 1 heterocycles. The van der Waals surface area contributed by atoms with E-state index in [0.29, 0.717) is 34.3 Å². The summed E-state index contributed by atoms with van der Waals surface area (Å²) in [5.74, 6) is 2.47. The molecule has 0 saturated heterocycles. The number of carbonyl (C=O) groups is 1. The Morgan fingerprint density at radius 3 is 2.34 bits per heavy atom. The first-order valence-electron chi connectivity index (χ1n) is 8.96. The van der Waals surface area contributed by atoms with Gasteiger partial charge in [-0.3, -0.25) is 4.79 Å². The zero-order valence-electron chi connectivity index (χ0n) is 16.0. The fourth-order valence-corrected chi connectivity index (χ4v) is 2.91. The van der Waals surface area contributed by atoms with E-state index in [0.717, 1.165) is 5.39 Å². The van der Waals surface area contributed by atoms with E-state index in [-0.39, 0.29) is 11.7 Å². The SMILES string of the molecule is COc1cccc(Oc2ccc(NC(=O)c3cc4cccc(OC)c4o3)cc2)c1. The van der Waals surface area contributed by atoms with E-state index in [4.69, 9.17) is 18.6 Å². The molecule has 0 fully saturated rings. The first-order valence-corrected chi connectivity index (χ1v) is 8.96. The quantitative estimate of drug-likeness (QED) is 0.472. The van der Waals surface area contributed by atoms with E-state index in [1.165, 1.54) is 0 Å². The van der Waals surface area contributed by atoms with Crippen molar-refractivity contribution in [3.05, 3.63) is 78.6 Å². The minimum atomic E-state index is -0.343. The third-order valence-electron chi connectivity index (χ3n) is 4.34. The van der Waals surface area contributed by atoms with Crippen LogP contribution in [-0.4, -0.2) is 20.1 Å². The smallest absolute Gasteiger partial charge is 0.291 e. The van der Waals surface area contributed by atoms with E-state index in [2.05, 4.69) is 5.32 Å². The molecule has 0 aliphatic heterocycles. The number of anilines is 1. The highest BCUT2D eigenvalue weighted by Crippen LogP contribution is 2.29. The largest absolute Gasteiger partial charge is 0.497 e. The van der Waals surface area contributed by atoms with Crippen LogP contribution in [-0.2, 0) is 0 Å². The molecule has 1 aromatic heterocycles. The molecule has 146 valence electrons. The number of amides is 1. The molecule has 4 rings (SSSR count). The Kier molecular flexibility index (Phi) is 5.07. The molecule has 0 saturated carbocycles. The Bertz CT molecular complexity index is 1150. The van der Waals surface area contributed by atoms with Gasteiger partial charge in [0, 0.05) is 17.1 Å². The van der Waals surface area contributed by atoms with Crippen molar-refractivity contribution in [1.29, 1.82) is 0 Å². The summed E-state index contributed by atoms with van der Waals surface area (Å²) in [5, 5.41) is 3.62. The number of hydrogen-bond donors (Lipinski definition) is 1. The van der Waals surface area contributed by atoms with Gasteiger partial charge in [0.1, 0.15) is 17.2 Å². The molecule has 1 amide bonds. The van der Waals surface area contributed by atoms with Gasteiger partial charge in [0.15, 0.2) is 17.1 Å². The topological polar surface area (TPSA) is 69.9 Å². The normalized spacial score (nSPS) is 10.6. The van der Waals surface area contributed by atoms with E-state index in [1.807, 2.05) is 30.3 Å². The Morgan fingerprint density at radius 1 is 0.828 bits per heavy atom. The maximum Gasteiger partial charge on any atom is 0.291 e. The predicted octanol–water partition coefficient (Wildman–Crippen LogP) is 5.49. The molecule has 0 radical (unpaired) electrons. The number of ether oxygens (including phenoxy) is 3. The number of benzene rings is 3. The standard InChI is InChI=1S/C23H19NO5/c1-26-18-6-4-7-19(14-18)28-17-11-9-16(10-12-17)24-23(25)21-13-15-5-3-8-20(27-2)22(15)29-21/h3-14H,1-2H3,(H,24,25). The molecule has 6 nitrogen and oxygen atoms in total. The van der Waals surface area contributed by atoms with Gasteiger partial charge in [-0.1, -0.05) is 18.2 Å². The van der Waals surface area contributed by atoms with Gasteiger partial charge in [-0.05, 0) is 48.5 Å². The number of carbonyl (C=O) groups excluding carboxylic acids is 1. The molecule has 0 spiro atoms. The third kappa shape index (κ3) is 4.01. The van der Waals surface area contributed by atoms with Crippen molar-refractivity contribution < 1.29 is 23.4 Å². The highest BCUT2D eigenvalue weighted by Gasteiger charge is 2.15. The highest BCUT2D eigenvalue weighted by atomic mass is 16.5. The summed E-state index contributed by atoms with van der Waals surface area (Å²) in [6.45, 7) is 0. The van der Waals surface area contributed by atoms with Crippen molar-refractivity contribution in [1.82, 2.24) is 0 Å². The first kappa shape index (κ1) is 18.4. The van der Waals surface area contributed by atoms with Crippen LogP contribution < -0.4 is 19.5 Å². The molecule has 0 aliphatic rings. The van der Waals surface area contributed by atoms with E-state index < -0.39 is 0 Å². The van der Waals surface area contributed by atoms with Gasteiger partial charge >= 0.3 is 0 Å². The van der Waals surface area contributed by atoms with Gasteiger partial charge < -0.3 is 23.9 Å². The second kappa shape index (κ2) is 7.98. The first-order chi connectivity index (χ1) is 14.2. The summed E-state index contributed by atoms with van der Waals surface area (Å²) >= 11 is 0. The van der Waals surface area contributed by atoms with Gasteiger partial charge in [0.05, 0.1) is 14.2 Å². The van der Waals surface area contributed by atoms with Crippen LogP contribution in [0.5, 0.6) is 23.0 Å². The zero-order valence-corrected chi connectivity index (χ0v) is 16.0. The van der Waals surface area contributed by atoms with Crippen LogP contribution in [0.2, 0.25) is 0 Å². The fourth-order valence-electron chi connectivity index (χ4n) is 2.91. The van der Waals surface area contributed by atoms with Crippen LogP contribution in [0.4, 0.5) is 5.69 Å². The van der Waals surface area contributed by atoms with E-state index in [9.17, 15) is 4.79 Å². The van der Waals surface area contributed by atoms with E-state index in [1.54, 1.807) is 56.7 Å². The lowest BCUT2D eigenvalue weighted by Crippen LogP contribution is -2.10. The molecule has 6 heteroatoms. The molecule has 0 atom stereocenters. The molecule has 0 aliphatic carbocycles. The minimum absolute atomic E-state index is 0.209. The van der Waals surface area contributed by atoms with E-state index >= 15 is 0 Å². The van der Waals surface area contributed by atoms with Crippen LogP contribution in [0.25, 0.3) is 11.0 Å². The summed E-state index contributed by atoms with van der Waals surface area (Å²) in [4.78, 5) is 12.5. The zero-order chi connectivity index (χ0) is 20.2. The number of furan rings is 1. The number of methoxy groups -OCH3 is 2. The molecule has 3 aromatic carbocycles. The molecule has 0 bridgehead atoms. The van der Waals surface area contributed by atoms with Crippen molar-refractivity contribution in [3.63, 3.8) is 0 Å². The second-order valence-corrected chi connectivity index (χ2v) is 6.25. The number of rotatable bonds is 6. The Morgan fingerprint density at radius 2 is 1.59 bits per heavy atom. The monoisotopic (exact) mass is 389 g/mol. The summed E-state index contributed by atoms with van der Waals surface area (Å²) in [6.07, 6.45) is 0. The van der Waals surface area contributed by atoms with Crippen LogP contribution in [0.1, 0.15) is 10.6 Å². The Hall–Kier alpha value is -3.93. The average Bonchev–Trinajstić information content (AvgIpc) is 3.20. The van der Waals surface area contributed by atoms with Crippen LogP contribution >= 0.6 is 0 Å². The predicted molar refractivity (Wildman–Crippen MR) is 110 cm³/mol. The average molecular weight is 389 g/mol. The van der Waals surface area contributed by atoms with Crippen LogP contribution in [0.15, 0.2) is 77.2 Å². The van der Waals surface area contributed by atoms with Crippen molar-refractivity contribution in [2.24, 2.45) is 0 Å². The van der Waals surface area contributed by atoms with Gasteiger partial charge in [0.2, 0.25) is 0 Å². The van der Waals surface area contributed by atoms with Crippen LogP contribution in [0.3, 0.4) is 0 Å². The summed E-state index contributed by atoms with van der Waals surface area (Å²) in [5.41, 5.74) is 1.17. The number of hydrogen-bond acceptors (Lipinski definition) is 5. The van der Waals surface area contributed by atoms with Gasteiger partial charge in [-0.15, -0.1) is 0 Å². The summed E-state index contributed by atoms with van der Waals surface area (Å²) in [7, 11) is 3.17. The van der Waals surface area contributed by atoms with Crippen molar-refractivity contribution in [2.45, 2.75) is 0 Å². The molecule has 0 unspecified atom stereocenters. The molecule has 4 aromatic rings. The lowest BCUT2D eigenvalue weighted by Gasteiger charge is -2.08. The maximum atomic E-state index is 12.5. The molecular formula is C23H19NO5. The highest BCUT2D eigenvalue weighted by molar-refractivity contribution is 6.05. The van der Waals surface area contributed by atoms with Crippen molar-refractivity contribution in [2.75, 3.05) is 19.5 Å².